The third-order valence-corrected chi connectivity index (χ3v) is 4.48. The number of aryl methyl sites for hydroxylation is 2. The van der Waals surface area contributed by atoms with Crippen molar-refractivity contribution >= 4 is 5.91 Å². The topological polar surface area (TPSA) is 91.9 Å². The summed E-state index contributed by atoms with van der Waals surface area (Å²) in [6.45, 7) is 4.79. The Hall–Kier alpha value is -2.45. The van der Waals surface area contributed by atoms with Crippen molar-refractivity contribution in [1.29, 1.82) is 0 Å². The number of rotatable bonds is 6. The number of hydrogen-bond donors (Lipinski definition) is 1. The van der Waals surface area contributed by atoms with Crippen molar-refractivity contribution in [3.63, 3.8) is 0 Å². The van der Waals surface area contributed by atoms with Crippen molar-refractivity contribution in [1.82, 2.24) is 20.0 Å². The molecule has 2 aromatic rings. The molecule has 2 atom stereocenters. The largest absolute Gasteiger partial charge is 0.484 e. The van der Waals surface area contributed by atoms with E-state index in [2.05, 4.69) is 10.2 Å². The van der Waals surface area contributed by atoms with Crippen molar-refractivity contribution in [2.75, 3.05) is 26.7 Å². The van der Waals surface area contributed by atoms with Crippen LogP contribution in [0.15, 0.2) is 28.7 Å². The third kappa shape index (κ3) is 4.39. The average Bonchev–Trinajstić information content (AvgIpc) is 3.18. The van der Waals surface area contributed by atoms with Gasteiger partial charge in [0.1, 0.15) is 5.75 Å². The SMILES string of the molecule is Cc1cccc(OCC(=O)N2C[C@@H](O)[C@H](N(C)Cc3nnc(C)o3)C2)c1. The number of ether oxygens (including phenoxy) is 1. The number of carbonyl (C=O) groups excluding carboxylic acids is 1. The molecule has 1 fully saturated rings. The van der Waals surface area contributed by atoms with Crippen molar-refractivity contribution in [2.24, 2.45) is 0 Å². The second-order valence-electron chi connectivity index (χ2n) is 6.67. The molecule has 1 aromatic carbocycles. The van der Waals surface area contributed by atoms with Gasteiger partial charge in [0.25, 0.3) is 5.91 Å². The highest BCUT2D eigenvalue weighted by molar-refractivity contribution is 5.78. The summed E-state index contributed by atoms with van der Waals surface area (Å²) in [6, 6.07) is 7.37. The number of aliphatic hydroxyl groups excluding tert-OH is 1. The zero-order chi connectivity index (χ0) is 18.7. The number of likely N-dealkylation sites (tertiary alicyclic amines) is 1. The number of likely N-dealkylation sites (N-methyl/N-ethyl adjacent to an activating group) is 1. The number of hydrogen-bond acceptors (Lipinski definition) is 7. The van der Waals surface area contributed by atoms with Crippen LogP contribution in [0.2, 0.25) is 0 Å². The minimum Gasteiger partial charge on any atom is -0.484 e. The van der Waals surface area contributed by atoms with Crippen molar-refractivity contribution in [3.05, 3.63) is 41.6 Å². The maximum absolute atomic E-state index is 12.4. The Balaban J connectivity index is 1.53. The van der Waals surface area contributed by atoms with E-state index in [1.54, 1.807) is 11.8 Å². The lowest BCUT2D eigenvalue weighted by molar-refractivity contribution is -0.132. The molecule has 1 aliphatic heterocycles. The van der Waals surface area contributed by atoms with Crippen LogP contribution in [-0.2, 0) is 11.3 Å². The fourth-order valence-corrected chi connectivity index (χ4v) is 3.08. The van der Waals surface area contributed by atoms with Crippen LogP contribution < -0.4 is 4.74 Å². The molecule has 8 nitrogen and oxygen atoms in total. The molecule has 0 aliphatic carbocycles. The van der Waals surface area contributed by atoms with E-state index in [9.17, 15) is 9.90 Å². The summed E-state index contributed by atoms with van der Waals surface area (Å²) in [5.74, 6) is 1.52. The summed E-state index contributed by atoms with van der Waals surface area (Å²) < 4.78 is 10.9. The van der Waals surface area contributed by atoms with E-state index in [0.717, 1.165) is 5.56 Å². The summed E-state index contributed by atoms with van der Waals surface area (Å²) >= 11 is 0. The van der Waals surface area contributed by atoms with E-state index in [1.165, 1.54) is 0 Å². The van der Waals surface area contributed by atoms with Crippen molar-refractivity contribution in [3.8, 4) is 5.75 Å². The quantitative estimate of drug-likeness (QED) is 0.813. The molecule has 3 rings (SSSR count). The maximum atomic E-state index is 12.4. The predicted octanol–water partition coefficient (Wildman–Crippen LogP) is 0.769. The van der Waals surface area contributed by atoms with Crippen molar-refractivity contribution < 1.29 is 19.1 Å². The number of aliphatic hydroxyl groups is 1. The molecule has 1 N–H and O–H groups in total. The van der Waals surface area contributed by atoms with Gasteiger partial charge in [-0.3, -0.25) is 9.69 Å². The fraction of sp³-hybridized carbons (Fsp3) is 0.500. The molecule has 0 bridgehead atoms. The Labute approximate surface area is 152 Å². The molecule has 0 saturated carbocycles. The van der Waals surface area contributed by atoms with E-state index in [1.807, 2.05) is 43.1 Å². The predicted molar refractivity (Wildman–Crippen MR) is 93.6 cm³/mol. The van der Waals surface area contributed by atoms with Gasteiger partial charge in [0.2, 0.25) is 11.8 Å². The fourth-order valence-electron chi connectivity index (χ4n) is 3.08. The van der Waals surface area contributed by atoms with Gasteiger partial charge in [0.05, 0.1) is 18.7 Å². The van der Waals surface area contributed by atoms with Crippen LogP contribution in [0.4, 0.5) is 0 Å². The monoisotopic (exact) mass is 360 g/mol. The normalized spacial score (nSPS) is 20.0. The van der Waals surface area contributed by atoms with Crippen LogP contribution in [0.5, 0.6) is 5.75 Å². The van der Waals surface area contributed by atoms with Crippen LogP contribution >= 0.6 is 0 Å². The van der Waals surface area contributed by atoms with Gasteiger partial charge in [-0.05, 0) is 31.7 Å². The molecule has 1 amide bonds. The van der Waals surface area contributed by atoms with Gasteiger partial charge in [-0.2, -0.15) is 0 Å². The summed E-state index contributed by atoms with van der Waals surface area (Å²) in [7, 11) is 1.87. The Morgan fingerprint density at radius 2 is 2.19 bits per heavy atom. The zero-order valence-electron chi connectivity index (χ0n) is 15.3. The molecular formula is C18H24N4O4. The smallest absolute Gasteiger partial charge is 0.260 e. The van der Waals surface area contributed by atoms with E-state index >= 15 is 0 Å². The molecule has 2 heterocycles. The molecular weight excluding hydrogens is 336 g/mol. The van der Waals surface area contributed by atoms with Crippen LogP contribution in [0.3, 0.4) is 0 Å². The maximum Gasteiger partial charge on any atom is 0.260 e. The first-order valence-corrected chi connectivity index (χ1v) is 8.57. The second-order valence-corrected chi connectivity index (χ2v) is 6.67. The molecule has 1 aliphatic rings. The summed E-state index contributed by atoms with van der Waals surface area (Å²) in [6.07, 6.45) is -0.632. The minimum atomic E-state index is -0.632. The van der Waals surface area contributed by atoms with Gasteiger partial charge in [0, 0.05) is 20.0 Å². The lowest BCUT2D eigenvalue weighted by Gasteiger charge is -2.24. The highest BCUT2D eigenvalue weighted by Gasteiger charge is 2.36. The molecule has 1 saturated heterocycles. The first kappa shape index (κ1) is 18.3. The molecule has 1 aromatic heterocycles. The minimum absolute atomic E-state index is 0.0462. The summed E-state index contributed by atoms with van der Waals surface area (Å²) in [5, 5.41) is 18.1. The number of β-amino-alcohol motifs (C(OH)–C–C–N with tert-alkyl or cyclic N) is 1. The van der Waals surface area contributed by atoms with Gasteiger partial charge >= 0.3 is 0 Å². The number of nitrogens with zero attached hydrogens (tertiary/aromatic N) is 4. The van der Waals surface area contributed by atoms with Gasteiger partial charge < -0.3 is 19.2 Å². The number of carbonyl (C=O) groups is 1. The molecule has 140 valence electrons. The lowest BCUT2D eigenvalue weighted by Crippen LogP contribution is -2.41. The molecule has 0 radical (unpaired) electrons. The molecule has 26 heavy (non-hydrogen) atoms. The first-order chi connectivity index (χ1) is 12.4. The standard InChI is InChI=1S/C18H24N4O4/c1-12-5-4-6-14(7-12)25-11-18(24)22-8-15(16(23)9-22)21(3)10-17-20-19-13(2)26-17/h4-7,15-16,23H,8-11H2,1-3H3/t15-,16-/m1/s1. The average molecular weight is 360 g/mol. The van der Waals surface area contributed by atoms with Gasteiger partial charge in [-0.1, -0.05) is 12.1 Å². The number of benzene rings is 1. The molecule has 0 spiro atoms. The van der Waals surface area contributed by atoms with E-state index in [4.69, 9.17) is 9.15 Å². The number of aromatic nitrogens is 2. The van der Waals surface area contributed by atoms with Crippen LogP contribution in [0.25, 0.3) is 0 Å². The van der Waals surface area contributed by atoms with Crippen LogP contribution in [0, 0.1) is 13.8 Å². The molecule has 8 heteroatoms. The van der Waals surface area contributed by atoms with Gasteiger partial charge in [-0.15, -0.1) is 10.2 Å². The third-order valence-electron chi connectivity index (χ3n) is 4.48. The Morgan fingerprint density at radius 1 is 1.38 bits per heavy atom. The van der Waals surface area contributed by atoms with Crippen LogP contribution in [0.1, 0.15) is 17.3 Å². The highest BCUT2D eigenvalue weighted by atomic mass is 16.5. The molecule has 0 unspecified atom stereocenters. The van der Waals surface area contributed by atoms with E-state index < -0.39 is 6.10 Å². The number of amides is 1. The van der Waals surface area contributed by atoms with Gasteiger partial charge in [0.15, 0.2) is 6.61 Å². The Morgan fingerprint density at radius 3 is 2.88 bits per heavy atom. The lowest BCUT2D eigenvalue weighted by atomic mass is 10.2. The Kier molecular flexibility index (Phi) is 5.53. The van der Waals surface area contributed by atoms with Crippen LogP contribution in [-0.4, -0.2) is 69.9 Å². The van der Waals surface area contributed by atoms with E-state index in [-0.39, 0.29) is 25.1 Å². The van der Waals surface area contributed by atoms with Crippen molar-refractivity contribution in [2.45, 2.75) is 32.5 Å². The summed E-state index contributed by atoms with van der Waals surface area (Å²) in [5.41, 5.74) is 1.07. The van der Waals surface area contributed by atoms with E-state index in [0.29, 0.717) is 30.6 Å². The summed E-state index contributed by atoms with van der Waals surface area (Å²) in [4.78, 5) is 16.0. The first-order valence-electron chi connectivity index (χ1n) is 8.57. The Bertz CT molecular complexity index is 763. The second kappa shape index (κ2) is 7.84. The highest BCUT2D eigenvalue weighted by Crippen LogP contribution is 2.18. The zero-order valence-corrected chi connectivity index (χ0v) is 15.3. The van der Waals surface area contributed by atoms with Gasteiger partial charge in [-0.25, -0.2) is 0 Å².